The molecule has 13 heteroatoms. The number of aromatic amines is 1. The van der Waals surface area contributed by atoms with Crippen LogP contribution >= 0.6 is 0 Å². The number of phenols is 2. The average Bonchev–Trinajstić information content (AvgIpc) is 3.81. The number of rotatable bonds is 15. The second kappa shape index (κ2) is 19.3. The largest absolute Gasteiger partial charge is 0.507 e. The lowest BCUT2D eigenvalue weighted by Gasteiger charge is -2.50. The monoisotopic (exact) mass is 938 g/mol. The Morgan fingerprint density at radius 1 is 1.01 bits per heavy atom. The van der Waals surface area contributed by atoms with Crippen LogP contribution in [0.4, 0.5) is 0 Å². The van der Waals surface area contributed by atoms with Gasteiger partial charge in [-0.2, -0.15) is 0 Å². The van der Waals surface area contributed by atoms with Gasteiger partial charge in [0.25, 0.3) is 0 Å². The summed E-state index contributed by atoms with van der Waals surface area (Å²) in [6, 6.07) is 15.6. The molecule has 69 heavy (non-hydrogen) atoms. The summed E-state index contributed by atoms with van der Waals surface area (Å²) in [5, 5.41) is 66.6. The van der Waals surface area contributed by atoms with Crippen LogP contribution in [0.2, 0.25) is 0 Å². The molecule has 0 saturated heterocycles. The van der Waals surface area contributed by atoms with E-state index in [1.165, 1.54) is 5.56 Å². The van der Waals surface area contributed by atoms with E-state index in [-0.39, 0.29) is 49.9 Å². The molecular formula is C56H66N4O9. The Hall–Kier alpha value is -5.56. The lowest BCUT2D eigenvalue weighted by atomic mass is 9.64. The number of benzene rings is 4. The highest BCUT2D eigenvalue weighted by Gasteiger charge is 2.55. The number of hydrogen-bond donors (Lipinski definition) is 9. The summed E-state index contributed by atoms with van der Waals surface area (Å²) >= 11 is 0. The van der Waals surface area contributed by atoms with Crippen molar-refractivity contribution in [1.82, 2.24) is 20.9 Å². The van der Waals surface area contributed by atoms with Gasteiger partial charge in [-0.1, -0.05) is 50.0 Å². The van der Waals surface area contributed by atoms with Gasteiger partial charge < -0.3 is 54.8 Å². The van der Waals surface area contributed by atoms with Crippen molar-refractivity contribution >= 4 is 17.0 Å². The highest BCUT2D eigenvalue weighted by molar-refractivity contribution is 5.89. The molecule has 10 rings (SSSR count). The maximum Gasteiger partial charge on any atom is 0.161 e. The first-order valence-corrected chi connectivity index (χ1v) is 24.7. The van der Waals surface area contributed by atoms with Gasteiger partial charge in [0.2, 0.25) is 0 Å². The summed E-state index contributed by atoms with van der Waals surface area (Å²) < 4.78 is 28.1. The molecule has 0 radical (unpaired) electrons. The summed E-state index contributed by atoms with van der Waals surface area (Å²) in [5.41, 5.74) is 8.20. The number of aliphatic hydroxyl groups is 3. The van der Waals surface area contributed by atoms with E-state index in [9.17, 15) is 25.5 Å². The third-order valence-corrected chi connectivity index (χ3v) is 14.8. The maximum atomic E-state index is 11.6. The van der Waals surface area contributed by atoms with Crippen LogP contribution in [0.3, 0.4) is 0 Å². The van der Waals surface area contributed by atoms with Gasteiger partial charge in [0.15, 0.2) is 17.6 Å². The minimum atomic E-state index is -1.23. The van der Waals surface area contributed by atoms with E-state index in [2.05, 4.69) is 83.0 Å². The molecule has 2 aliphatic carbocycles. The molecular weight excluding hydrogens is 873 g/mol. The van der Waals surface area contributed by atoms with Gasteiger partial charge in [-0.25, -0.2) is 0 Å². The molecule has 1 aromatic heterocycles. The van der Waals surface area contributed by atoms with E-state index in [1.54, 1.807) is 6.07 Å². The van der Waals surface area contributed by atoms with E-state index in [0.717, 1.165) is 55.4 Å². The molecule has 0 amide bonds. The number of aromatic nitrogens is 1. The van der Waals surface area contributed by atoms with Gasteiger partial charge in [-0.15, -0.1) is 0 Å². The normalized spacial score (nSPS) is 23.9. The van der Waals surface area contributed by atoms with Crippen LogP contribution in [0.5, 0.6) is 28.7 Å². The van der Waals surface area contributed by atoms with Crippen molar-refractivity contribution in [3.8, 4) is 51.7 Å². The van der Waals surface area contributed by atoms with Gasteiger partial charge in [-0.05, 0) is 139 Å². The Labute approximate surface area is 404 Å². The van der Waals surface area contributed by atoms with Crippen LogP contribution in [-0.4, -0.2) is 101 Å². The zero-order valence-electron chi connectivity index (χ0n) is 40.1. The number of aliphatic hydroxyl groups excluding tert-OH is 2. The first-order chi connectivity index (χ1) is 33.4. The summed E-state index contributed by atoms with van der Waals surface area (Å²) in [6.07, 6.45) is 8.98. The molecule has 5 aliphatic rings. The summed E-state index contributed by atoms with van der Waals surface area (Å²) in [4.78, 5) is 3.34. The topological polar surface area (TPSA) is 190 Å². The van der Waals surface area contributed by atoms with Crippen LogP contribution in [0.1, 0.15) is 109 Å². The van der Waals surface area contributed by atoms with Crippen LogP contribution in [-0.2, 0) is 30.4 Å². The Kier molecular flexibility index (Phi) is 13.2. The molecule has 0 fully saturated rings. The molecule has 0 unspecified atom stereocenters. The lowest BCUT2D eigenvalue weighted by molar-refractivity contribution is -0.141. The molecule has 4 aromatic carbocycles. The number of nitrogens with one attached hydrogen (secondary N) is 4. The van der Waals surface area contributed by atoms with Gasteiger partial charge >= 0.3 is 0 Å². The fourth-order valence-electron chi connectivity index (χ4n) is 11.9. The first kappa shape index (κ1) is 47.1. The van der Waals surface area contributed by atoms with E-state index in [1.807, 2.05) is 38.4 Å². The Bertz CT molecular complexity index is 2820. The molecule has 9 N–H and O–H groups in total. The van der Waals surface area contributed by atoms with Crippen molar-refractivity contribution in [2.24, 2.45) is 5.92 Å². The molecule has 0 spiro atoms. The summed E-state index contributed by atoms with van der Waals surface area (Å²) in [7, 11) is 1.85. The minimum Gasteiger partial charge on any atom is -0.507 e. The molecule has 3 aliphatic heterocycles. The SMILES string of the molecule is CNCO[C@]12Cc3c4c(c5c(c3O[C@@H]1c1cc(CCCO)c(O)c(c1)OCCC#C[C@@H]2NCNC[C@@](C)(O)CC(C)C)CC[C@H](CO)O5)-c1ccc(O)c2c1[C@H](C4)[C@@H](c1ccc3[nH]ccc3c1)C=C2. The molecule has 5 aromatic rings. The van der Waals surface area contributed by atoms with Gasteiger partial charge in [0.1, 0.15) is 35.0 Å². The molecule has 4 heterocycles. The number of allylic oxidation sites excluding steroid dienone is 1. The van der Waals surface area contributed by atoms with Crippen molar-refractivity contribution in [1.29, 1.82) is 0 Å². The third-order valence-electron chi connectivity index (χ3n) is 14.8. The van der Waals surface area contributed by atoms with Crippen molar-refractivity contribution in [2.75, 3.05) is 46.8 Å². The van der Waals surface area contributed by atoms with E-state index in [4.69, 9.17) is 18.9 Å². The van der Waals surface area contributed by atoms with Crippen LogP contribution in [0.25, 0.3) is 28.1 Å². The van der Waals surface area contributed by atoms with E-state index < -0.39 is 29.5 Å². The van der Waals surface area contributed by atoms with Crippen molar-refractivity contribution in [2.45, 2.75) is 113 Å². The van der Waals surface area contributed by atoms with E-state index >= 15 is 0 Å². The smallest absolute Gasteiger partial charge is 0.161 e. The molecule has 2 bridgehead atoms. The first-order valence-electron chi connectivity index (χ1n) is 24.7. The zero-order valence-corrected chi connectivity index (χ0v) is 40.1. The maximum absolute atomic E-state index is 11.6. The van der Waals surface area contributed by atoms with Crippen molar-refractivity contribution in [3.05, 3.63) is 105 Å². The number of H-pyrrole nitrogens is 1. The fraction of sp³-hybridized carbons (Fsp3) is 0.464. The average molecular weight is 939 g/mol. The fourth-order valence-corrected chi connectivity index (χ4v) is 11.9. The Balaban J connectivity index is 1.19. The predicted molar refractivity (Wildman–Crippen MR) is 266 cm³/mol. The molecule has 7 atom stereocenters. The standard InChI is InChI=1S/C56H66N4O9/c1-32(2)26-55(3,65)29-58-30-60-48-9-5-6-21-66-47-24-36(23-35(51(47)64)8-7-20-61)54-56(48,67-31-57-4)27-44-43-25-42-38(33-10-16-45-34(22-33)18-19-59-45)13-14-39-46(63)17-15-40(49(39)42)50(43)53-41(52(44)69-54)12-11-37(28-62)68-53/h10,13-19,22-24,32,37-38,42,48,54,57-65H,6-8,11-12,20-21,25-31H2,1-4H3/t37-,38-,42-,48+,54-,55+,56+/m1/s1. The second-order valence-electron chi connectivity index (χ2n) is 20.3. The van der Waals surface area contributed by atoms with Crippen LogP contribution in [0.15, 0.2) is 60.8 Å². The van der Waals surface area contributed by atoms with Crippen molar-refractivity contribution in [3.63, 3.8) is 0 Å². The zero-order chi connectivity index (χ0) is 48.0. The second-order valence-corrected chi connectivity index (χ2v) is 20.3. The van der Waals surface area contributed by atoms with Gasteiger partial charge in [-0.3, -0.25) is 10.6 Å². The highest BCUT2D eigenvalue weighted by atomic mass is 16.6. The van der Waals surface area contributed by atoms with Crippen molar-refractivity contribution < 1.29 is 44.5 Å². The Morgan fingerprint density at radius 2 is 1.88 bits per heavy atom. The van der Waals surface area contributed by atoms with Crippen LogP contribution in [0, 0.1) is 17.8 Å². The van der Waals surface area contributed by atoms with E-state index in [0.29, 0.717) is 93.3 Å². The minimum absolute atomic E-state index is 0.0235. The quantitative estimate of drug-likeness (QED) is 0.0297. The highest BCUT2D eigenvalue weighted by Crippen LogP contribution is 2.61. The third kappa shape index (κ3) is 8.75. The molecule has 13 nitrogen and oxygen atoms in total. The van der Waals surface area contributed by atoms with Gasteiger partial charge in [0.05, 0.1) is 25.5 Å². The summed E-state index contributed by atoms with van der Waals surface area (Å²) in [6.45, 7) is 6.92. The molecule has 0 saturated carbocycles. The number of aryl methyl sites for hydroxylation is 1. The summed E-state index contributed by atoms with van der Waals surface area (Å²) in [5.74, 6) is 9.16. The molecule has 364 valence electrons. The lowest BCUT2D eigenvalue weighted by Crippen LogP contribution is -2.62. The number of ether oxygens (including phenoxy) is 4. The Morgan fingerprint density at radius 3 is 2.70 bits per heavy atom. The number of aromatic hydroxyl groups is 2. The predicted octanol–water partition coefficient (Wildman–Crippen LogP) is 7.00. The van der Waals surface area contributed by atoms with Crippen LogP contribution < -0.4 is 30.2 Å². The number of phenolic OH excluding ortho intramolecular Hbond substituents is 2. The van der Waals surface area contributed by atoms with Gasteiger partial charge in [0, 0.05) is 72.5 Å². The number of fused-ring (bicyclic) bond motifs is 12. The number of hydrogen-bond acceptors (Lipinski definition) is 12.